The molecule has 25 heavy (non-hydrogen) atoms. The summed E-state index contributed by atoms with van der Waals surface area (Å²) in [6.45, 7) is 4.21. The van der Waals surface area contributed by atoms with E-state index < -0.39 is 0 Å². The van der Waals surface area contributed by atoms with Crippen LogP contribution in [-0.4, -0.2) is 43.7 Å². The van der Waals surface area contributed by atoms with Crippen molar-refractivity contribution < 1.29 is 19.0 Å². The lowest BCUT2D eigenvalue weighted by atomic mass is 10.1. The fourth-order valence-corrected chi connectivity index (χ4v) is 2.84. The Morgan fingerprint density at radius 2 is 2.00 bits per heavy atom. The average molecular weight is 341 g/mol. The van der Waals surface area contributed by atoms with Crippen molar-refractivity contribution in [2.45, 2.75) is 19.6 Å². The fourth-order valence-electron chi connectivity index (χ4n) is 2.84. The molecule has 1 fully saturated rings. The van der Waals surface area contributed by atoms with Gasteiger partial charge in [0, 0.05) is 18.7 Å². The Morgan fingerprint density at radius 3 is 2.72 bits per heavy atom. The van der Waals surface area contributed by atoms with E-state index in [4.69, 9.17) is 14.2 Å². The minimum Gasteiger partial charge on any atom is -0.493 e. The van der Waals surface area contributed by atoms with Crippen LogP contribution in [-0.2, 0) is 11.3 Å². The summed E-state index contributed by atoms with van der Waals surface area (Å²) in [5.74, 6) is 1.17. The van der Waals surface area contributed by atoms with Crippen molar-refractivity contribution in [1.29, 1.82) is 0 Å². The second-order valence-electron chi connectivity index (χ2n) is 6.07. The van der Waals surface area contributed by atoms with Gasteiger partial charge in [0.15, 0.2) is 11.5 Å². The predicted octanol–water partition coefficient (Wildman–Crippen LogP) is 3.14. The summed E-state index contributed by atoms with van der Waals surface area (Å²) in [5, 5.41) is 0. The first-order valence-corrected chi connectivity index (χ1v) is 8.43. The van der Waals surface area contributed by atoms with Crippen molar-refractivity contribution in [1.82, 2.24) is 4.90 Å². The normalized spacial score (nSPS) is 17.2. The van der Waals surface area contributed by atoms with Crippen LogP contribution in [0.2, 0.25) is 0 Å². The predicted molar refractivity (Wildman–Crippen MR) is 95.1 cm³/mol. The maximum absolute atomic E-state index is 12.7. The summed E-state index contributed by atoms with van der Waals surface area (Å²) >= 11 is 0. The van der Waals surface area contributed by atoms with Gasteiger partial charge < -0.3 is 19.1 Å². The van der Waals surface area contributed by atoms with Crippen LogP contribution in [0.25, 0.3) is 0 Å². The van der Waals surface area contributed by atoms with Crippen LogP contribution in [0.3, 0.4) is 0 Å². The van der Waals surface area contributed by atoms with Gasteiger partial charge in [-0.1, -0.05) is 30.3 Å². The molecule has 0 saturated carbocycles. The first-order valence-electron chi connectivity index (χ1n) is 8.43. The van der Waals surface area contributed by atoms with Gasteiger partial charge in [0.2, 0.25) is 0 Å². The number of nitrogens with zero attached hydrogens (tertiary/aromatic N) is 1. The number of hydrogen-bond donors (Lipinski definition) is 0. The van der Waals surface area contributed by atoms with E-state index >= 15 is 0 Å². The highest BCUT2D eigenvalue weighted by Crippen LogP contribution is 2.29. The molecule has 1 atom stereocenters. The zero-order chi connectivity index (χ0) is 17.6. The molecular formula is C20H23NO4. The van der Waals surface area contributed by atoms with Gasteiger partial charge in [-0.2, -0.15) is 0 Å². The highest BCUT2D eigenvalue weighted by Gasteiger charge is 2.23. The molecule has 132 valence electrons. The third kappa shape index (κ3) is 4.31. The lowest BCUT2D eigenvalue weighted by Gasteiger charge is -2.31. The molecule has 0 aliphatic carbocycles. The van der Waals surface area contributed by atoms with Gasteiger partial charge in [-0.3, -0.25) is 4.79 Å². The first-order chi connectivity index (χ1) is 12.2. The van der Waals surface area contributed by atoms with Gasteiger partial charge in [0.05, 0.1) is 19.8 Å². The number of amides is 1. The Bertz CT molecular complexity index is 717. The third-order valence-electron chi connectivity index (χ3n) is 4.18. The van der Waals surface area contributed by atoms with Crippen LogP contribution in [0.1, 0.15) is 22.8 Å². The maximum Gasteiger partial charge on any atom is 0.254 e. The van der Waals surface area contributed by atoms with E-state index in [1.807, 2.05) is 42.2 Å². The quantitative estimate of drug-likeness (QED) is 0.838. The van der Waals surface area contributed by atoms with Crippen molar-refractivity contribution in [3.05, 3.63) is 59.7 Å². The summed E-state index contributed by atoms with van der Waals surface area (Å²) in [6.07, 6.45) is 0.0630. The lowest BCUT2D eigenvalue weighted by molar-refractivity contribution is -0.0124. The number of hydrogen-bond acceptors (Lipinski definition) is 4. The molecule has 1 saturated heterocycles. The summed E-state index contributed by atoms with van der Waals surface area (Å²) in [6, 6.07) is 15.2. The number of methoxy groups -OCH3 is 1. The monoisotopic (exact) mass is 341 g/mol. The van der Waals surface area contributed by atoms with Gasteiger partial charge >= 0.3 is 0 Å². The first kappa shape index (κ1) is 17.3. The molecule has 1 aliphatic heterocycles. The minimum atomic E-state index is -0.0111. The van der Waals surface area contributed by atoms with Crippen LogP contribution in [0, 0.1) is 0 Å². The molecule has 0 N–H and O–H groups in total. The van der Waals surface area contributed by atoms with Crippen LogP contribution >= 0.6 is 0 Å². The van der Waals surface area contributed by atoms with Crippen LogP contribution in [0.5, 0.6) is 11.5 Å². The van der Waals surface area contributed by atoms with E-state index in [0.717, 1.165) is 5.56 Å². The molecular weight excluding hydrogens is 318 g/mol. The molecule has 1 amide bonds. The molecule has 5 nitrogen and oxygen atoms in total. The molecule has 1 heterocycles. The van der Waals surface area contributed by atoms with Gasteiger partial charge in [0.1, 0.15) is 6.61 Å². The summed E-state index contributed by atoms with van der Waals surface area (Å²) in [5.41, 5.74) is 1.67. The molecule has 0 aromatic heterocycles. The number of benzene rings is 2. The van der Waals surface area contributed by atoms with Gasteiger partial charge in [-0.15, -0.1) is 0 Å². The SMILES string of the molecule is COc1cc(C(=O)N2CCO[C@H](C)C2)ccc1OCc1ccccc1. The highest BCUT2D eigenvalue weighted by molar-refractivity contribution is 5.95. The second-order valence-corrected chi connectivity index (χ2v) is 6.07. The third-order valence-corrected chi connectivity index (χ3v) is 4.18. The Kier molecular flexibility index (Phi) is 5.56. The van der Waals surface area contributed by atoms with Gasteiger partial charge in [-0.05, 0) is 30.7 Å². The minimum absolute atomic E-state index is 0.0111. The van der Waals surface area contributed by atoms with Crippen molar-refractivity contribution in [3.63, 3.8) is 0 Å². The van der Waals surface area contributed by atoms with Crippen LogP contribution in [0.4, 0.5) is 0 Å². The van der Waals surface area contributed by atoms with Crippen molar-refractivity contribution in [2.24, 2.45) is 0 Å². The standard InChI is InChI=1S/C20H23NO4/c1-15-13-21(10-11-24-15)20(22)17-8-9-18(19(12-17)23-2)25-14-16-6-4-3-5-7-16/h3-9,12,15H,10-11,13-14H2,1-2H3/t15-/m1/s1. The largest absolute Gasteiger partial charge is 0.493 e. The van der Waals surface area contributed by atoms with E-state index in [0.29, 0.717) is 43.4 Å². The van der Waals surface area contributed by atoms with E-state index in [9.17, 15) is 4.79 Å². The number of rotatable bonds is 5. The number of ether oxygens (including phenoxy) is 3. The molecule has 0 unspecified atom stereocenters. The Hall–Kier alpha value is -2.53. The van der Waals surface area contributed by atoms with E-state index in [2.05, 4.69) is 0 Å². The lowest BCUT2D eigenvalue weighted by Crippen LogP contribution is -2.44. The van der Waals surface area contributed by atoms with Crippen LogP contribution in [0.15, 0.2) is 48.5 Å². The number of morpholine rings is 1. The van der Waals surface area contributed by atoms with Crippen molar-refractivity contribution in [2.75, 3.05) is 26.8 Å². The fraction of sp³-hybridized carbons (Fsp3) is 0.350. The van der Waals surface area contributed by atoms with E-state index in [1.165, 1.54) is 0 Å². The van der Waals surface area contributed by atoms with Gasteiger partial charge in [0.25, 0.3) is 5.91 Å². The van der Waals surface area contributed by atoms with Gasteiger partial charge in [-0.25, -0.2) is 0 Å². The summed E-state index contributed by atoms with van der Waals surface area (Å²) < 4.78 is 16.7. The van der Waals surface area contributed by atoms with Crippen molar-refractivity contribution in [3.8, 4) is 11.5 Å². The second kappa shape index (κ2) is 8.03. The maximum atomic E-state index is 12.7. The zero-order valence-electron chi connectivity index (χ0n) is 14.6. The summed E-state index contributed by atoms with van der Waals surface area (Å²) in [4.78, 5) is 14.5. The molecule has 2 aromatic rings. The zero-order valence-corrected chi connectivity index (χ0v) is 14.6. The topological polar surface area (TPSA) is 48.0 Å². The Balaban J connectivity index is 1.71. The number of carbonyl (C=O) groups is 1. The Morgan fingerprint density at radius 1 is 1.20 bits per heavy atom. The van der Waals surface area contributed by atoms with Crippen molar-refractivity contribution >= 4 is 5.91 Å². The van der Waals surface area contributed by atoms with E-state index in [1.54, 1.807) is 25.3 Å². The molecule has 0 radical (unpaired) electrons. The average Bonchev–Trinajstić information content (AvgIpc) is 2.66. The molecule has 0 spiro atoms. The highest BCUT2D eigenvalue weighted by atomic mass is 16.5. The molecule has 0 bridgehead atoms. The molecule has 3 rings (SSSR count). The Labute approximate surface area is 148 Å². The molecule has 1 aliphatic rings. The van der Waals surface area contributed by atoms with Crippen LogP contribution < -0.4 is 9.47 Å². The molecule has 5 heteroatoms. The smallest absolute Gasteiger partial charge is 0.254 e. The number of carbonyl (C=O) groups excluding carboxylic acids is 1. The summed E-state index contributed by atoms with van der Waals surface area (Å²) in [7, 11) is 1.58. The molecule has 2 aromatic carbocycles. The van der Waals surface area contributed by atoms with E-state index in [-0.39, 0.29) is 12.0 Å².